The van der Waals surface area contributed by atoms with E-state index in [0.717, 1.165) is 13.0 Å². The van der Waals surface area contributed by atoms with E-state index in [0.29, 0.717) is 23.9 Å². The van der Waals surface area contributed by atoms with Crippen LogP contribution < -0.4 is 5.73 Å². The smallest absolute Gasteiger partial charge is 0.357 e. The van der Waals surface area contributed by atoms with Gasteiger partial charge < -0.3 is 19.8 Å². The van der Waals surface area contributed by atoms with E-state index in [1.165, 1.54) is 12.8 Å². The minimum atomic E-state index is -0.379. The highest BCUT2D eigenvalue weighted by molar-refractivity contribution is 5.89. The number of hydrogen-bond acceptors (Lipinski definition) is 4. The third-order valence-electron chi connectivity index (χ3n) is 2.92. The first-order valence-corrected chi connectivity index (χ1v) is 6.41. The Morgan fingerprint density at radius 1 is 1.56 bits per heavy atom. The number of aryl methyl sites for hydroxylation is 1. The highest BCUT2D eigenvalue weighted by Crippen LogP contribution is 2.28. The van der Waals surface area contributed by atoms with Crippen LogP contribution in [-0.4, -0.2) is 23.9 Å². The van der Waals surface area contributed by atoms with Gasteiger partial charge in [-0.25, -0.2) is 4.79 Å². The van der Waals surface area contributed by atoms with E-state index in [4.69, 9.17) is 15.2 Å². The molecule has 1 aliphatic carbocycles. The third kappa shape index (κ3) is 3.50. The van der Waals surface area contributed by atoms with Crippen LogP contribution in [0.2, 0.25) is 0 Å². The second kappa shape index (κ2) is 5.91. The Balaban J connectivity index is 1.82. The highest BCUT2D eigenvalue weighted by Gasteiger charge is 2.21. The summed E-state index contributed by atoms with van der Waals surface area (Å²) >= 11 is 0. The molecule has 0 radical (unpaired) electrons. The first kappa shape index (κ1) is 13.0. The van der Waals surface area contributed by atoms with Gasteiger partial charge >= 0.3 is 5.97 Å². The summed E-state index contributed by atoms with van der Waals surface area (Å²) in [6, 6.07) is 1.64. The molecule has 0 aliphatic heterocycles. The van der Waals surface area contributed by atoms with Gasteiger partial charge in [0.15, 0.2) is 6.79 Å². The second-order valence-corrected chi connectivity index (χ2v) is 4.72. The maximum absolute atomic E-state index is 11.8. The Labute approximate surface area is 107 Å². The van der Waals surface area contributed by atoms with Gasteiger partial charge in [0.2, 0.25) is 0 Å². The largest absolute Gasteiger partial charge is 0.434 e. The van der Waals surface area contributed by atoms with Gasteiger partial charge in [0.25, 0.3) is 0 Å². The van der Waals surface area contributed by atoms with Crippen LogP contribution in [0, 0.1) is 5.92 Å². The van der Waals surface area contributed by atoms with Crippen molar-refractivity contribution in [2.24, 2.45) is 5.92 Å². The number of hydrogen-bond donors (Lipinski definition) is 1. The van der Waals surface area contributed by atoms with Gasteiger partial charge in [-0.2, -0.15) is 0 Å². The van der Waals surface area contributed by atoms with E-state index in [1.54, 1.807) is 12.3 Å². The van der Waals surface area contributed by atoms with Crippen molar-refractivity contribution in [1.82, 2.24) is 4.57 Å². The molecule has 5 heteroatoms. The van der Waals surface area contributed by atoms with Crippen molar-refractivity contribution in [1.29, 1.82) is 0 Å². The summed E-state index contributed by atoms with van der Waals surface area (Å²) in [5, 5.41) is 0. The maximum Gasteiger partial charge on any atom is 0.357 e. The molecule has 1 aromatic heterocycles. The SMILES string of the molecule is CCCn1cc(N)cc1C(=O)OCOCC1CC1. The van der Waals surface area contributed by atoms with Crippen molar-refractivity contribution in [3.05, 3.63) is 18.0 Å². The average Bonchev–Trinajstić information content (AvgIpc) is 3.09. The van der Waals surface area contributed by atoms with Crippen molar-refractivity contribution in [3.63, 3.8) is 0 Å². The molecule has 18 heavy (non-hydrogen) atoms. The predicted octanol–water partition coefficient (Wildman–Crippen LogP) is 2.02. The van der Waals surface area contributed by atoms with Crippen LogP contribution in [0.5, 0.6) is 0 Å². The van der Waals surface area contributed by atoms with E-state index in [9.17, 15) is 4.79 Å². The van der Waals surface area contributed by atoms with Crippen LogP contribution in [0.15, 0.2) is 12.3 Å². The maximum atomic E-state index is 11.8. The summed E-state index contributed by atoms with van der Waals surface area (Å²) in [5.74, 6) is 0.291. The number of carbonyl (C=O) groups is 1. The molecule has 5 nitrogen and oxygen atoms in total. The third-order valence-corrected chi connectivity index (χ3v) is 2.92. The standard InChI is InChI=1S/C13H20N2O3/c1-2-5-15-7-11(14)6-12(15)13(16)18-9-17-8-10-3-4-10/h6-7,10H,2-5,8-9,14H2,1H3. The molecule has 1 aliphatic rings. The van der Waals surface area contributed by atoms with Gasteiger partial charge in [0.1, 0.15) is 5.69 Å². The lowest BCUT2D eigenvalue weighted by Crippen LogP contribution is -2.14. The van der Waals surface area contributed by atoms with Crippen LogP contribution in [0.3, 0.4) is 0 Å². The van der Waals surface area contributed by atoms with Crippen molar-refractivity contribution in [2.75, 3.05) is 19.1 Å². The molecule has 0 bridgehead atoms. The normalized spacial score (nSPS) is 14.7. The van der Waals surface area contributed by atoms with Crippen molar-refractivity contribution in [2.45, 2.75) is 32.7 Å². The van der Waals surface area contributed by atoms with E-state index in [-0.39, 0.29) is 12.8 Å². The summed E-state index contributed by atoms with van der Waals surface area (Å²) < 4.78 is 12.2. The minimum absolute atomic E-state index is 0.0204. The first-order valence-electron chi connectivity index (χ1n) is 6.41. The molecule has 0 amide bonds. The van der Waals surface area contributed by atoms with Crippen molar-refractivity contribution >= 4 is 11.7 Å². The molecule has 2 N–H and O–H groups in total. The predicted molar refractivity (Wildman–Crippen MR) is 68.1 cm³/mol. The highest BCUT2D eigenvalue weighted by atomic mass is 16.7. The lowest BCUT2D eigenvalue weighted by Gasteiger charge is -2.08. The van der Waals surface area contributed by atoms with Crippen LogP contribution >= 0.6 is 0 Å². The van der Waals surface area contributed by atoms with Gasteiger partial charge in [-0.3, -0.25) is 0 Å². The van der Waals surface area contributed by atoms with Gasteiger partial charge in [-0.15, -0.1) is 0 Å². The summed E-state index contributed by atoms with van der Waals surface area (Å²) in [7, 11) is 0. The number of nitrogens with zero attached hydrogens (tertiary/aromatic N) is 1. The van der Waals surface area contributed by atoms with E-state index < -0.39 is 0 Å². The Bertz CT molecular complexity index is 410. The van der Waals surface area contributed by atoms with Crippen LogP contribution in [0.1, 0.15) is 36.7 Å². The fourth-order valence-corrected chi connectivity index (χ4v) is 1.80. The molecule has 1 saturated carbocycles. The molecule has 0 spiro atoms. The first-order chi connectivity index (χ1) is 8.70. The summed E-state index contributed by atoms with van der Waals surface area (Å²) in [4.78, 5) is 11.8. The molecule has 1 heterocycles. The summed E-state index contributed by atoms with van der Waals surface area (Å²) in [5.41, 5.74) is 6.76. The molecule has 2 rings (SSSR count). The number of anilines is 1. The molecule has 0 atom stereocenters. The Hall–Kier alpha value is -1.49. The van der Waals surface area contributed by atoms with E-state index in [2.05, 4.69) is 0 Å². The van der Waals surface area contributed by atoms with Crippen molar-refractivity contribution in [3.8, 4) is 0 Å². The fraction of sp³-hybridized carbons (Fsp3) is 0.615. The number of nitrogens with two attached hydrogens (primary N) is 1. The zero-order chi connectivity index (χ0) is 13.0. The van der Waals surface area contributed by atoms with Crippen LogP contribution in [-0.2, 0) is 16.0 Å². The molecule has 1 fully saturated rings. The van der Waals surface area contributed by atoms with Crippen LogP contribution in [0.4, 0.5) is 5.69 Å². The van der Waals surface area contributed by atoms with Gasteiger partial charge in [-0.05, 0) is 31.2 Å². The lowest BCUT2D eigenvalue weighted by molar-refractivity contribution is -0.0351. The van der Waals surface area contributed by atoms with Crippen molar-refractivity contribution < 1.29 is 14.3 Å². The molecule has 0 saturated heterocycles. The number of carbonyl (C=O) groups excluding carboxylic acids is 1. The zero-order valence-electron chi connectivity index (χ0n) is 10.7. The number of rotatable bonds is 7. The summed E-state index contributed by atoms with van der Waals surface area (Å²) in [6.07, 6.45) is 5.14. The lowest BCUT2D eigenvalue weighted by atomic mass is 10.4. The van der Waals surface area contributed by atoms with Crippen LogP contribution in [0.25, 0.3) is 0 Å². The summed E-state index contributed by atoms with van der Waals surface area (Å²) in [6.45, 7) is 3.51. The average molecular weight is 252 g/mol. The molecule has 100 valence electrons. The Morgan fingerprint density at radius 2 is 2.33 bits per heavy atom. The topological polar surface area (TPSA) is 66.5 Å². The molecular formula is C13H20N2O3. The number of aromatic nitrogens is 1. The minimum Gasteiger partial charge on any atom is -0.434 e. The monoisotopic (exact) mass is 252 g/mol. The Morgan fingerprint density at radius 3 is 3.00 bits per heavy atom. The van der Waals surface area contributed by atoms with E-state index >= 15 is 0 Å². The van der Waals surface area contributed by atoms with E-state index in [1.807, 2.05) is 11.5 Å². The Kier molecular flexibility index (Phi) is 4.25. The quantitative estimate of drug-likeness (QED) is 0.458. The van der Waals surface area contributed by atoms with Gasteiger partial charge in [0, 0.05) is 12.7 Å². The van der Waals surface area contributed by atoms with Gasteiger partial charge in [0.05, 0.1) is 12.3 Å². The zero-order valence-corrected chi connectivity index (χ0v) is 10.7. The molecule has 0 aromatic carbocycles. The number of ether oxygens (including phenoxy) is 2. The molecular weight excluding hydrogens is 232 g/mol. The molecule has 1 aromatic rings. The fourth-order valence-electron chi connectivity index (χ4n) is 1.80. The second-order valence-electron chi connectivity index (χ2n) is 4.72. The molecule has 0 unspecified atom stereocenters. The number of nitrogen functional groups attached to an aromatic ring is 1. The van der Waals surface area contributed by atoms with Gasteiger partial charge in [-0.1, -0.05) is 6.92 Å². The number of esters is 1.